The van der Waals surface area contributed by atoms with Crippen molar-refractivity contribution in [2.45, 2.75) is 31.8 Å². The molecule has 1 saturated heterocycles. The quantitative estimate of drug-likeness (QED) is 0.478. The van der Waals surface area contributed by atoms with E-state index in [1.165, 1.54) is 0 Å². The lowest BCUT2D eigenvalue weighted by atomic mass is 9.95. The summed E-state index contributed by atoms with van der Waals surface area (Å²) in [5.74, 6) is -1.12. The van der Waals surface area contributed by atoms with E-state index in [1.54, 1.807) is 6.33 Å². The van der Waals surface area contributed by atoms with Crippen LogP contribution in [0.25, 0.3) is 0 Å². The van der Waals surface area contributed by atoms with Gasteiger partial charge in [-0.25, -0.2) is 4.98 Å². The van der Waals surface area contributed by atoms with Gasteiger partial charge in [0.25, 0.3) is 0 Å². The number of carbonyl (C=O) groups excluding carboxylic acids is 2. The summed E-state index contributed by atoms with van der Waals surface area (Å²) in [7, 11) is 4.04. The molecule has 1 aliphatic heterocycles. The standard InChI is InChI=1S/C27H33N5O3/c1-30(2)23-9-6-10-24(16-23)32-13-11-21(12-14-32)26(33)29-25(27(34)35)15-22-18-31(19-28-22)17-20-7-4-3-5-8-20/h3-10,16,18-19,21,25H,11-15,17H2,1-2H3,(H,29,33)(H,34,35)/p+1/t25-/m0/s1. The zero-order valence-corrected chi connectivity index (χ0v) is 20.4. The molecule has 8 nitrogen and oxygen atoms in total. The van der Waals surface area contributed by atoms with Gasteiger partial charge in [-0.3, -0.25) is 4.79 Å². The molecule has 0 spiro atoms. The summed E-state index contributed by atoms with van der Waals surface area (Å²) in [4.78, 5) is 33.7. The summed E-state index contributed by atoms with van der Waals surface area (Å²) in [6.45, 7) is 2.23. The number of benzene rings is 2. The number of carbonyl (C=O) groups is 2. The number of aromatic nitrogens is 2. The molecular weight excluding hydrogens is 442 g/mol. The van der Waals surface area contributed by atoms with Crippen LogP contribution in [0.15, 0.2) is 67.1 Å². The first-order chi connectivity index (χ1) is 16.9. The van der Waals surface area contributed by atoms with Gasteiger partial charge in [0, 0.05) is 68.4 Å². The fraction of sp³-hybridized carbons (Fsp3) is 0.370. The first kappa shape index (κ1) is 24.3. The van der Waals surface area contributed by atoms with Gasteiger partial charge in [-0.15, -0.1) is 0 Å². The highest BCUT2D eigenvalue weighted by molar-refractivity contribution is 5.85. The van der Waals surface area contributed by atoms with Crippen LogP contribution in [-0.2, 0) is 22.6 Å². The van der Waals surface area contributed by atoms with E-state index >= 15 is 0 Å². The number of rotatable bonds is 9. The van der Waals surface area contributed by atoms with Crippen molar-refractivity contribution < 1.29 is 14.7 Å². The number of nitrogens with zero attached hydrogens (tertiary/aromatic N) is 4. The molecule has 1 fully saturated rings. The molecule has 1 aliphatic rings. The zero-order chi connectivity index (χ0) is 24.8. The van der Waals surface area contributed by atoms with Crippen LogP contribution < -0.4 is 15.1 Å². The molecule has 2 heterocycles. The van der Waals surface area contributed by atoms with Gasteiger partial charge >= 0.3 is 5.97 Å². The van der Waals surface area contributed by atoms with Crippen LogP contribution in [0.5, 0.6) is 0 Å². The van der Waals surface area contributed by atoms with Gasteiger partial charge in [-0.2, -0.15) is 0 Å². The number of hydrogen-bond acceptors (Lipinski definition) is 5. The highest BCUT2D eigenvalue weighted by Gasteiger charge is 2.32. The Bertz CT molecular complexity index is 1140. The van der Waals surface area contributed by atoms with Crippen molar-refractivity contribution in [1.82, 2.24) is 14.9 Å². The Morgan fingerprint density at radius 3 is 2.54 bits per heavy atom. The fourth-order valence-electron chi connectivity index (χ4n) is 4.47. The number of piperidine rings is 1. The number of nitrogens with one attached hydrogen (secondary N) is 1. The van der Waals surface area contributed by atoms with Crippen molar-refractivity contribution in [3.63, 3.8) is 0 Å². The van der Waals surface area contributed by atoms with Gasteiger partial charge < -0.3 is 24.8 Å². The molecule has 1 amide bonds. The van der Waals surface area contributed by atoms with Crippen molar-refractivity contribution >= 4 is 23.3 Å². The largest absolute Gasteiger partial charge is 0.563 e. The van der Waals surface area contributed by atoms with Crippen molar-refractivity contribution in [1.29, 1.82) is 0 Å². The van der Waals surface area contributed by atoms with Crippen LogP contribution in [0.3, 0.4) is 0 Å². The maximum Gasteiger partial charge on any atom is 0.539 e. The number of hydrogen-bond donors (Lipinski definition) is 1. The van der Waals surface area contributed by atoms with Gasteiger partial charge in [0.05, 0.1) is 12.0 Å². The van der Waals surface area contributed by atoms with Crippen LogP contribution in [-0.4, -0.2) is 59.8 Å². The molecule has 0 saturated carbocycles. The molecular formula is C27H34N5O3+. The molecule has 1 aromatic heterocycles. The molecule has 2 aromatic carbocycles. The Labute approximate surface area is 206 Å². The second-order valence-corrected chi connectivity index (χ2v) is 9.33. The minimum absolute atomic E-state index is 0.152. The van der Waals surface area contributed by atoms with Gasteiger partial charge in [0.15, 0.2) is 6.04 Å². The number of amides is 1. The van der Waals surface area contributed by atoms with Gasteiger partial charge in [-0.05, 0) is 36.6 Å². The zero-order valence-electron chi connectivity index (χ0n) is 20.4. The molecule has 1 atom stereocenters. The summed E-state index contributed by atoms with van der Waals surface area (Å²) in [6, 6.07) is 17.5. The van der Waals surface area contributed by atoms with Crippen molar-refractivity contribution in [3.05, 3.63) is 78.4 Å². The molecule has 3 aromatic rings. The second kappa shape index (κ2) is 11.1. The van der Waals surface area contributed by atoms with E-state index in [0.717, 1.165) is 30.0 Å². The Balaban J connectivity index is 1.31. The lowest BCUT2D eigenvalue weighted by molar-refractivity contribution is -0.142. The van der Waals surface area contributed by atoms with E-state index in [2.05, 4.69) is 44.4 Å². The maximum atomic E-state index is 12.9. The minimum atomic E-state index is -0.891. The average Bonchev–Trinajstić information content (AvgIpc) is 3.31. The van der Waals surface area contributed by atoms with E-state index in [0.29, 0.717) is 25.1 Å². The fourth-order valence-corrected chi connectivity index (χ4v) is 4.47. The van der Waals surface area contributed by atoms with Crippen LogP contribution in [0.1, 0.15) is 24.1 Å². The monoisotopic (exact) mass is 476 g/mol. The predicted octanol–water partition coefficient (Wildman–Crippen LogP) is 2.19. The highest BCUT2D eigenvalue weighted by Crippen LogP contribution is 2.26. The Morgan fingerprint density at radius 1 is 1.11 bits per heavy atom. The first-order valence-electron chi connectivity index (χ1n) is 12.0. The van der Waals surface area contributed by atoms with Crippen LogP contribution in [0, 0.1) is 5.92 Å². The third-order valence-electron chi connectivity index (χ3n) is 6.52. The topological polar surface area (TPSA) is 93.4 Å². The lowest BCUT2D eigenvalue weighted by Crippen LogP contribution is -2.47. The molecule has 0 aliphatic carbocycles. The summed E-state index contributed by atoms with van der Waals surface area (Å²) < 4.78 is 1.94. The molecule has 0 bridgehead atoms. The molecule has 35 heavy (non-hydrogen) atoms. The molecule has 4 rings (SSSR count). The normalized spacial score (nSPS) is 15.0. The SMILES string of the molecule is CN(C)c1cccc(N2CCC(C(=O)N[C@@H](Cc3cn(Cc4ccccc4)cn3)C(=O)[OH2+])CC2)c1. The third-order valence-corrected chi connectivity index (χ3v) is 6.52. The molecule has 0 radical (unpaired) electrons. The molecule has 184 valence electrons. The lowest BCUT2D eigenvalue weighted by Gasteiger charge is -2.33. The number of imidazole rings is 1. The smallest absolute Gasteiger partial charge is 0.539 e. The third kappa shape index (κ3) is 6.41. The first-order valence-corrected chi connectivity index (χ1v) is 12.0. The van der Waals surface area contributed by atoms with E-state index in [4.69, 9.17) is 5.11 Å². The van der Waals surface area contributed by atoms with Gasteiger partial charge in [-0.1, -0.05) is 36.4 Å². The summed E-state index contributed by atoms with van der Waals surface area (Å²) >= 11 is 0. The Hall–Kier alpha value is -3.81. The maximum absolute atomic E-state index is 12.9. The highest BCUT2D eigenvalue weighted by atomic mass is 16.4. The van der Waals surface area contributed by atoms with E-state index in [1.807, 2.05) is 55.2 Å². The van der Waals surface area contributed by atoms with Gasteiger partial charge in [0.2, 0.25) is 5.91 Å². The van der Waals surface area contributed by atoms with Crippen molar-refractivity contribution in [2.75, 3.05) is 37.0 Å². The second-order valence-electron chi connectivity index (χ2n) is 9.33. The number of anilines is 2. The van der Waals surface area contributed by atoms with Crippen LogP contribution in [0.2, 0.25) is 0 Å². The van der Waals surface area contributed by atoms with Crippen molar-refractivity contribution in [2.24, 2.45) is 5.92 Å². The minimum Gasteiger partial charge on any atom is -0.563 e. The molecule has 0 unspecified atom stereocenters. The summed E-state index contributed by atoms with van der Waals surface area (Å²) in [5, 5.41) is 10.5. The van der Waals surface area contributed by atoms with E-state index in [-0.39, 0.29) is 18.2 Å². The summed E-state index contributed by atoms with van der Waals surface area (Å²) in [6.07, 6.45) is 5.23. The van der Waals surface area contributed by atoms with Crippen molar-refractivity contribution in [3.8, 4) is 0 Å². The Morgan fingerprint density at radius 2 is 1.86 bits per heavy atom. The predicted molar refractivity (Wildman–Crippen MR) is 138 cm³/mol. The van der Waals surface area contributed by atoms with Gasteiger partial charge in [0.1, 0.15) is 0 Å². The van der Waals surface area contributed by atoms with E-state index in [9.17, 15) is 9.59 Å². The molecule has 8 heteroatoms. The van der Waals surface area contributed by atoms with E-state index < -0.39 is 12.0 Å². The van der Waals surface area contributed by atoms with Crippen LogP contribution >= 0.6 is 0 Å². The molecule has 3 N–H and O–H groups in total. The average molecular weight is 477 g/mol. The van der Waals surface area contributed by atoms with Crippen LogP contribution in [0.4, 0.5) is 11.4 Å². The Kier molecular flexibility index (Phi) is 7.70. The summed E-state index contributed by atoms with van der Waals surface area (Å²) in [5.41, 5.74) is 4.13.